The van der Waals surface area contributed by atoms with Crippen LogP contribution in [-0.4, -0.2) is 19.0 Å². The second-order valence-corrected chi connectivity index (χ2v) is 6.38. The number of nitrogens with one attached hydrogen (secondary N) is 1. The predicted octanol–water partition coefficient (Wildman–Crippen LogP) is 4.69. The molecule has 4 heteroatoms. The summed E-state index contributed by atoms with van der Waals surface area (Å²) in [6, 6.07) is 15.5. The van der Waals surface area contributed by atoms with Gasteiger partial charge in [-0.05, 0) is 71.6 Å². The molecule has 1 aliphatic heterocycles. The third-order valence-corrected chi connectivity index (χ3v) is 4.66. The number of halogens is 1. The Labute approximate surface area is 139 Å². The minimum absolute atomic E-state index is 0.0860. The van der Waals surface area contributed by atoms with E-state index in [9.17, 15) is 4.79 Å². The molecule has 2 aromatic carbocycles. The van der Waals surface area contributed by atoms with Gasteiger partial charge in [0.2, 0.25) is 0 Å². The van der Waals surface area contributed by atoms with E-state index in [1.807, 2.05) is 48.5 Å². The highest BCUT2D eigenvalue weighted by Gasteiger charge is 2.12. The maximum absolute atomic E-state index is 12.3. The molecule has 0 unspecified atom stereocenters. The lowest BCUT2D eigenvalue weighted by atomic mass is 10.1. The van der Waals surface area contributed by atoms with Gasteiger partial charge in [-0.3, -0.25) is 4.79 Å². The van der Waals surface area contributed by atoms with Gasteiger partial charge in [0.15, 0.2) is 0 Å². The molecule has 1 N–H and O–H groups in total. The number of carbonyl (C=O) groups is 1. The molecular formula is C18H19BrN2O. The maximum atomic E-state index is 12.3. The first kappa shape index (κ1) is 15.1. The molecule has 114 valence electrons. The predicted molar refractivity (Wildman–Crippen MR) is 94.6 cm³/mol. The van der Waals surface area contributed by atoms with Crippen molar-refractivity contribution in [1.82, 2.24) is 0 Å². The van der Waals surface area contributed by atoms with Crippen molar-refractivity contribution in [2.45, 2.75) is 19.3 Å². The second kappa shape index (κ2) is 6.97. The van der Waals surface area contributed by atoms with E-state index in [1.165, 1.54) is 24.9 Å². The zero-order chi connectivity index (χ0) is 15.4. The fourth-order valence-electron chi connectivity index (χ4n) is 2.73. The lowest BCUT2D eigenvalue weighted by Gasteiger charge is -2.28. The van der Waals surface area contributed by atoms with Crippen LogP contribution in [0.3, 0.4) is 0 Å². The van der Waals surface area contributed by atoms with Crippen LogP contribution in [0.4, 0.5) is 11.4 Å². The topological polar surface area (TPSA) is 32.3 Å². The molecule has 3 rings (SSSR count). The summed E-state index contributed by atoms with van der Waals surface area (Å²) < 4.78 is 0.883. The Hall–Kier alpha value is -1.81. The highest BCUT2D eigenvalue weighted by molar-refractivity contribution is 9.10. The molecular weight excluding hydrogens is 340 g/mol. The molecule has 0 radical (unpaired) electrons. The Kier molecular flexibility index (Phi) is 4.78. The summed E-state index contributed by atoms with van der Waals surface area (Å²) in [5.74, 6) is -0.0860. The molecule has 3 nitrogen and oxygen atoms in total. The van der Waals surface area contributed by atoms with Crippen molar-refractivity contribution in [3.05, 3.63) is 58.6 Å². The standard InChI is InChI=1S/C18H19BrN2O/c19-16-6-2-3-7-17(16)20-18(22)14-8-10-15(11-9-14)21-12-4-1-5-13-21/h2-3,6-11H,1,4-5,12-13H2,(H,20,22). The number of hydrogen-bond acceptors (Lipinski definition) is 2. The zero-order valence-electron chi connectivity index (χ0n) is 12.4. The van der Waals surface area contributed by atoms with Crippen LogP contribution in [0.25, 0.3) is 0 Å². The molecule has 0 aromatic heterocycles. The monoisotopic (exact) mass is 358 g/mol. The van der Waals surface area contributed by atoms with E-state index in [4.69, 9.17) is 0 Å². The van der Waals surface area contributed by atoms with Gasteiger partial charge in [-0.1, -0.05) is 12.1 Å². The summed E-state index contributed by atoms with van der Waals surface area (Å²) >= 11 is 3.44. The summed E-state index contributed by atoms with van der Waals surface area (Å²) in [4.78, 5) is 14.7. The summed E-state index contributed by atoms with van der Waals surface area (Å²) in [6.45, 7) is 2.23. The van der Waals surface area contributed by atoms with Gasteiger partial charge in [0.1, 0.15) is 0 Å². The number of para-hydroxylation sites is 1. The molecule has 1 fully saturated rings. The molecule has 1 aliphatic rings. The van der Waals surface area contributed by atoms with Gasteiger partial charge >= 0.3 is 0 Å². The normalized spacial score (nSPS) is 14.7. The number of amides is 1. The van der Waals surface area contributed by atoms with Crippen LogP contribution in [0.1, 0.15) is 29.6 Å². The van der Waals surface area contributed by atoms with E-state index in [0.29, 0.717) is 5.56 Å². The smallest absolute Gasteiger partial charge is 0.255 e. The molecule has 1 heterocycles. The highest BCUT2D eigenvalue weighted by Crippen LogP contribution is 2.23. The van der Waals surface area contributed by atoms with E-state index in [1.54, 1.807) is 0 Å². The fourth-order valence-corrected chi connectivity index (χ4v) is 3.12. The largest absolute Gasteiger partial charge is 0.372 e. The minimum atomic E-state index is -0.0860. The summed E-state index contributed by atoms with van der Waals surface area (Å²) in [7, 11) is 0. The van der Waals surface area contributed by atoms with Gasteiger partial charge in [-0.25, -0.2) is 0 Å². The minimum Gasteiger partial charge on any atom is -0.372 e. The lowest BCUT2D eigenvalue weighted by molar-refractivity contribution is 0.102. The molecule has 1 saturated heterocycles. The van der Waals surface area contributed by atoms with Crippen molar-refractivity contribution in [1.29, 1.82) is 0 Å². The van der Waals surface area contributed by atoms with Gasteiger partial charge in [0.05, 0.1) is 5.69 Å². The van der Waals surface area contributed by atoms with Crippen LogP contribution in [-0.2, 0) is 0 Å². The van der Waals surface area contributed by atoms with E-state index in [0.717, 1.165) is 23.2 Å². The van der Waals surface area contributed by atoms with Gasteiger partial charge in [-0.15, -0.1) is 0 Å². The Morgan fingerprint density at radius 3 is 2.32 bits per heavy atom. The number of hydrogen-bond donors (Lipinski definition) is 1. The van der Waals surface area contributed by atoms with Crippen molar-refractivity contribution in [2.75, 3.05) is 23.3 Å². The average molecular weight is 359 g/mol. The van der Waals surface area contributed by atoms with Crippen LogP contribution >= 0.6 is 15.9 Å². The number of rotatable bonds is 3. The van der Waals surface area contributed by atoms with Crippen molar-refractivity contribution in [2.24, 2.45) is 0 Å². The molecule has 0 atom stereocenters. The molecule has 22 heavy (non-hydrogen) atoms. The Morgan fingerprint density at radius 1 is 0.955 bits per heavy atom. The van der Waals surface area contributed by atoms with Crippen LogP contribution in [0.5, 0.6) is 0 Å². The molecule has 0 bridgehead atoms. The van der Waals surface area contributed by atoms with Crippen molar-refractivity contribution in [3.63, 3.8) is 0 Å². The van der Waals surface area contributed by atoms with Crippen LogP contribution < -0.4 is 10.2 Å². The highest BCUT2D eigenvalue weighted by atomic mass is 79.9. The number of anilines is 2. The van der Waals surface area contributed by atoms with Crippen LogP contribution in [0.15, 0.2) is 53.0 Å². The number of carbonyl (C=O) groups excluding carboxylic acids is 1. The third kappa shape index (κ3) is 3.50. The molecule has 0 saturated carbocycles. The van der Waals surface area contributed by atoms with Crippen molar-refractivity contribution < 1.29 is 4.79 Å². The molecule has 0 spiro atoms. The average Bonchev–Trinajstić information content (AvgIpc) is 2.58. The van der Waals surface area contributed by atoms with Gasteiger partial charge in [-0.2, -0.15) is 0 Å². The Morgan fingerprint density at radius 2 is 1.64 bits per heavy atom. The van der Waals surface area contributed by atoms with Crippen molar-refractivity contribution >= 4 is 33.2 Å². The Bertz CT molecular complexity index is 648. The van der Waals surface area contributed by atoms with E-state index in [2.05, 4.69) is 26.1 Å². The first-order valence-electron chi connectivity index (χ1n) is 7.65. The van der Waals surface area contributed by atoms with Gasteiger partial charge < -0.3 is 10.2 Å². The van der Waals surface area contributed by atoms with Gasteiger partial charge in [0.25, 0.3) is 5.91 Å². The zero-order valence-corrected chi connectivity index (χ0v) is 14.0. The lowest BCUT2D eigenvalue weighted by Crippen LogP contribution is -2.29. The van der Waals surface area contributed by atoms with E-state index in [-0.39, 0.29) is 5.91 Å². The van der Waals surface area contributed by atoms with Crippen molar-refractivity contribution in [3.8, 4) is 0 Å². The molecule has 1 amide bonds. The van der Waals surface area contributed by atoms with Crippen LogP contribution in [0.2, 0.25) is 0 Å². The molecule has 2 aromatic rings. The van der Waals surface area contributed by atoms with E-state index >= 15 is 0 Å². The van der Waals surface area contributed by atoms with E-state index < -0.39 is 0 Å². The summed E-state index contributed by atoms with van der Waals surface area (Å²) in [6.07, 6.45) is 3.83. The number of piperidine rings is 1. The summed E-state index contributed by atoms with van der Waals surface area (Å²) in [5.41, 5.74) is 2.67. The first-order chi connectivity index (χ1) is 10.7. The third-order valence-electron chi connectivity index (χ3n) is 3.97. The molecule has 0 aliphatic carbocycles. The first-order valence-corrected chi connectivity index (χ1v) is 8.44. The van der Waals surface area contributed by atoms with Gasteiger partial charge in [0, 0.05) is 28.8 Å². The quantitative estimate of drug-likeness (QED) is 0.862. The second-order valence-electron chi connectivity index (χ2n) is 5.53. The number of nitrogens with zero attached hydrogens (tertiary/aromatic N) is 1. The Balaban J connectivity index is 1.69. The SMILES string of the molecule is O=C(Nc1ccccc1Br)c1ccc(N2CCCCC2)cc1. The van der Waals surface area contributed by atoms with Crippen LogP contribution in [0, 0.1) is 0 Å². The summed E-state index contributed by atoms with van der Waals surface area (Å²) in [5, 5.41) is 2.93. The maximum Gasteiger partial charge on any atom is 0.255 e. The fraction of sp³-hybridized carbons (Fsp3) is 0.278. The number of benzene rings is 2.